The van der Waals surface area contributed by atoms with Crippen molar-refractivity contribution in [3.05, 3.63) is 76.6 Å². The molecule has 3 saturated heterocycles. The quantitative estimate of drug-likeness (QED) is 0.143. The van der Waals surface area contributed by atoms with Crippen LogP contribution in [-0.4, -0.2) is 149 Å². The number of piperidine rings is 1. The van der Waals surface area contributed by atoms with E-state index in [1.807, 2.05) is 41.3 Å². The van der Waals surface area contributed by atoms with Gasteiger partial charge >= 0.3 is 0 Å². The first-order valence-corrected chi connectivity index (χ1v) is 17.7. The number of rotatable bonds is 4. The number of aromatic nitrogens is 2. The number of carbonyl (C=O) groups excluding carboxylic acids is 1. The van der Waals surface area contributed by atoms with Gasteiger partial charge in [-0.05, 0) is 71.8 Å². The second-order valence-corrected chi connectivity index (χ2v) is 14.1. The maximum Gasteiger partial charge on any atom is 0.272 e. The van der Waals surface area contributed by atoms with Crippen molar-refractivity contribution in [2.24, 2.45) is 7.05 Å². The zero-order valence-corrected chi connectivity index (χ0v) is 29.0. The zero-order valence-electron chi connectivity index (χ0n) is 29.0. The summed E-state index contributed by atoms with van der Waals surface area (Å²) in [5.74, 6) is 11.8. The lowest BCUT2D eigenvalue weighted by Crippen LogP contribution is -2.58. The van der Waals surface area contributed by atoms with Gasteiger partial charge in [-0.3, -0.25) is 9.48 Å². The molecule has 0 bridgehead atoms. The van der Waals surface area contributed by atoms with Crippen molar-refractivity contribution in [1.29, 1.82) is 0 Å². The lowest BCUT2D eigenvalue weighted by atomic mass is 9.70. The lowest BCUT2D eigenvalue weighted by Gasteiger charge is -2.41. The van der Waals surface area contributed by atoms with Crippen LogP contribution in [-0.2, 0) is 21.9 Å². The molecule has 1 amide bonds. The summed E-state index contributed by atoms with van der Waals surface area (Å²) in [5, 5.41) is 85.4. The standard InChI is InChI=1S/C39H43N3O11/c1-41-27(10-14-40-41)38(51)42-15-12-39(13-16-42)25-18-21(4-8-28-32(45)36(49)34(47)30(52-28)11-17-43)2-6-23(25)24-7-3-22(19-26(24)39)5-9-29-33(46)37(50)35(48)31(20-44)53-29/h2-3,6-7,10,14,18-19,28-37,43-50H,11-13,15-17,20H2,1H3/t28-,29-,30-,31-,32-,33-,34-,35-,36-,37-/m1/s1. The molecule has 53 heavy (non-hydrogen) atoms. The van der Waals surface area contributed by atoms with Gasteiger partial charge in [0.05, 0.1) is 12.7 Å². The summed E-state index contributed by atoms with van der Waals surface area (Å²) in [6, 6.07) is 13.3. The van der Waals surface area contributed by atoms with E-state index >= 15 is 0 Å². The van der Waals surface area contributed by atoms with E-state index < -0.39 is 73.1 Å². The minimum Gasteiger partial charge on any atom is -0.396 e. The average Bonchev–Trinajstić information content (AvgIpc) is 3.71. The van der Waals surface area contributed by atoms with Gasteiger partial charge in [-0.2, -0.15) is 5.10 Å². The van der Waals surface area contributed by atoms with Crippen LogP contribution in [0.2, 0.25) is 0 Å². The van der Waals surface area contributed by atoms with Crippen molar-refractivity contribution in [2.75, 3.05) is 26.3 Å². The fourth-order valence-electron chi connectivity index (χ4n) is 7.99. The second-order valence-electron chi connectivity index (χ2n) is 14.1. The van der Waals surface area contributed by atoms with E-state index in [0.29, 0.717) is 42.8 Å². The third kappa shape index (κ3) is 6.66. The van der Waals surface area contributed by atoms with Crippen molar-refractivity contribution in [1.82, 2.24) is 14.7 Å². The summed E-state index contributed by atoms with van der Waals surface area (Å²) < 4.78 is 12.9. The Bertz CT molecular complexity index is 1970. The van der Waals surface area contributed by atoms with E-state index in [4.69, 9.17) is 9.47 Å². The van der Waals surface area contributed by atoms with E-state index in [9.17, 15) is 45.6 Å². The van der Waals surface area contributed by atoms with Gasteiger partial charge in [0.1, 0.15) is 60.6 Å². The van der Waals surface area contributed by atoms with E-state index in [1.54, 1.807) is 24.0 Å². The van der Waals surface area contributed by atoms with E-state index in [-0.39, 0.29) is 18.9 Å². The topological polar surface area (TPSA) is 218 Å². The maximum absolute atomic E-state index is 13.5. The van der Waals surface area contributed by atoms with Crippen LogP contribution in [0.4, 0.5) is 0 Å². The average molecular weight is 730 g/mol. The summed E-state index contributed by atoms with van der Waals surface area (Å²) in [5.41, 5.74) is 5.16. The monoisotopic (exact) mass is 729 g/mol. The highest BCUT2D eigenvalue weighted by Gasteiger charge is 2.47. The highest BCUT2D eigenvalue weighted by Crippen LogP contribution is 2.54. The van der Waals surface area contributed by atoms with Crippen molar-refractivity contribution < 1.29 is 55.1 Å². The number of carbonyl (C=O) groups is 1. The molecule has 1 aromatic heterocycles. The van der Waals surface area contributed by atoms with Gasteiger partial charge in [0.15, 0.2) is 0 Å². The summed E-state index contributed by atoms with van der Waals surface area (Å²) in [6.45, 7) is 0.0748. The minimum atomic E-state index is -1.54. The molecule has 280 valence electrons. The van der Waals surface area contributed by atoms with Crippen molar-refractivity contribution >= 4 is 5.91 Å². The van der Waals surface area contributed by atoms with Crippen LogP contribution < -0.4 is 0 Å². The summed E-state index contributed by atoms with van der Waals surface area (Å²) in [6.07, 6.45) is -10.2. The molecule has 14 heteroatoms. The number of aryl methyl sites for hydroxylation is 1. The molecule has 2 aromatic carbocycles. The van der Waals surface area contributed by atoms with Crippen LogP contribution in [0.15, 0.2) is 48.7 Å². The van der Waals surface area contributed by atoms with Gasteiger partial charge in [-0.15, -0.1) is 0 Å². The molecular formula is C39H43N3O11. The minimum absolute atomic E-state index is 0.0672. The Hall–Kier alpha value is -4.16. The molecule has 3 aromatic rings. The highest BCUT2D eigenvalue weighted by molar-refractivity contribution is 5.93. The normalized spacial score (nSPS) is 31.5. The largest absolute Gasteiger partial charge is 0.396 e. The van der Waals surface area contributed by atoms with Gasteiger partial charge < -0.3 is 55.2 Å². The number of hydrogen-bond acceptors (Lipinski definition) is 12. The number of amides is 1. The predicted molar refractivity (Wildman–Crippen MR) is 187 cm³/mol. The molecule has 1 aliphatic carbocycles. The number of ether oxygens (including phenoxy) is 2. The Morgan fingerprint density at radius 3 is 1.79 bits per heavy atom. The molecule has 14 nitrogen and oxygen atoms in total. The first-order chi connectivity index (χ1) is 25.5. The third-order valence-corrected chi connectivity index (χ3v) is 11.0. The molecule has 1 spiro atoms. The molecule has 7 rings (SSSR count). The van der Waals surface area contributed by atoms with E-state index in [2.05, 4.69) is 28.8 Å². The van der Waals surface area contributed by atoms with Gasteiger partial charge in [0, 0.05) is 49.5 Å². The molecule has 0 saturated carbocycles. The van der Waals surface area contributed by atoms with Gasteiger partial charge in [-0.1, -0.05) is 35.8 Å². The Morgan fingerprint density at radius 2 is 1.30 bits per heavy atom. The number of benzene rings is 2. The van der Waals surface area contributed by atoms with Gasteiger partial charge in [-0.25, -0.2) is 0 Å². The summed E-state index contributed by atoms with van der Waals surface area (Å²) in [7, 11) is 1.73. The number of fused-ring (bicyclic) bond motifs is 5. The number of aliphatic hydroxyl groups is 8. The zero-order chi connectivity index (χ0) is 37.6. The molecular weight excluding hydrogens is 686 g/mol. The smallest absolute Gasteiger partial charge is 0.272 e. The van der Waals surface area contributed by atoms with Crippen molar-refractivity contribution in [3.8, 4) is 34.8 Å². The predicted octanol–water partition coefficient (Wildman–Crippen LogP) is -1.60. The van der Waals surface area contributed by atoms with Crippen LogP contribution in [0, 0.1) is 23.7 Å². The van der Waals surface area contributed by atoms with Crippen LogP contribution in [0.5, 0.6) is 0 Å². The number of hydrogen-bond donors (Lipinski definition) is 8. The van der Waals surface area contributed by atoms with Crippen molar-refractivity contribution in [2.45, 2.75) is 85.7 Å². The molecule has 4 aliphatic rings. The van der Waals surface area contributed by atoms with Gasteiger partial charge in [0.25, 0.3) is 5.91 Å². The van der Waals surface area contributed by atoms with Crippen LogP contribution >= 0.6 is 0 Å². The SMILES string of the molecule is Cn1nccc1C(=O)N1CCC2(CC1)c1cc(C#C[C@H]3O[C@H](CO)[C@@H](O)[C@H](O)[C@@H]3O)ccc1-c1ccc(C#C[C@H]3O[C@H](CCO)[C@@H](O)[C@H](O)[C@@H]3O)cc12. The molecule has 3 fully saturated rings. The van der Waals surface area contributed by atoms with E-state index in [1.165, 1.54) is 0 Å². The van der Waals surface area contributed by atoms with Crippen LogP contribution in [0.3, 0.4) is 0 Å². The molecule has 0 radical (unpaired) electrons. The molecule has 8 N–H and O–H groups in total. The third-order valence-electron chi connectivity index (χ3n) is 11.0. The second kappa shape index (κ2) is 14.9. The first-order valence-electron chi connectivity index (χ1n) is 17.7. The molecule has 0 unspecified atom stereocenters. The molecule has 4 heterocycles. The number of aliphatic hydroxyl groups excluding tert-OH is 8. The summed E-state index contributed by atoms with van der Waals surface area (Å²) in [4.78, 5) is 15.3. The highest BCUT2D eigenvalue weighted by atomic mass is 16.5. The fraction of sp³-hybridized carbons (Fsp3) is 0.487. The van der Waals surface area contributed by atoms with Gasteiger partial charge in [0.2, 0.25) is 0 Å². The van der Waals surface area contributed by atoms with Crippen LogP contribution in [0.25, 0.3) is 11.1 Å². The Balaban J connectivity index is 1.22. The Morgan fingerprint density at radius 1 is 0.774 bits per heavy atom. The molecule has 10 atom stereocenters. The number of likely N-dealkylation sites (tertiary alicyclic amines) is 1. The Labute approximate surface area is 305 Å². The van der Waals surface area contributed by atoms with E-state index in [0.717, 1.165) is 22.3 Å². The lowest BCUT2D eigenvalue weighted by molar-refractivity contribution is -0.214. The summed E-state index contributed by atoms with van der Waals surface area (Å²) >= 11 is 0. The molecule has 3 aliphatic heterocycles. The van der Waals surface area contributed by atoms with Crippen molar-refractivity contribution in [3.63, 3.8) is 0 Å². The first kappa shape index (κ1) is 37.2. The maximum atomic E-state index is 13.5. The number of nitrogens with zero attached hydrogens (tertiary/aromatic N) is 3. The Kier molecular flexibility index (Phi) is 10.5. The van der Waals surface area contributed by atoms with Crippen LogP contribution in [0.1, 0.15) is 52.0 Å². The fourth-order valence-corrected chi connectivity index (χ4v) is 7.99.